The lowest BCUT2D eigenvalue weighted by atomic mass is 9.98. The SMILES string of the molecule is CC(C)[C@H](NC(=O)OCC1c2ccccc2-c2ccccc21)C(=O)N[C@@H](CCCNC(N)=O)C(=O)Nc1ccc(COC(N)=O)cc1. The lowest BCUT2D eigenvalue weighted by molar-refractivity contribution is -0.128. The molecule has 13 heteroatoms. The molecule has 0 fully saturated rings. The summed E-state index contributed by atoms with van der Waals surface area (Å²) in [6, 6.07) is 19.8. The first-order valence-corrected chi connectivity index (χ1v) is 15.3. The van der Waals surface area contributed by atoms with Crippen molar-refractivity contribution >= 4 is 35.7 Å². The molecule has 2 atom stereocenters. The molecule has 8 N–H and O–H groups in total. The molecular formula is C34H40N6O7. The van der Waals surface area contributed by atoms with Crippen molar-refractivity contribution in [3.63, 3.8) is 0 Å². The number of primary amides is 2. The number of alkyl carbamates (subject to hydrolysis) is 1. The minimum atomic E-state index is -1.01. The summed E-state index contributed by atoms with van der Waals surface area (Å²) in [5.74, 6) is -1.57. The molecule has 3 aromatic rings. The fourth-order valence-corrected chi connectivity index (χ4v) is 5.42. The number of nitrogens with one attached hydrogen (secondary N) is 4. The zero-order valence-corrected chi connectivity index (χ0v) is 26.3. The number of rotatable bonds is 14. The number of hydrogen-bond donors (Lipinski definition) is 6. The van der Waals surface area contributed by atoms with Gasteiger partial charge in [-0.3, -0.25) is 9.59 Å². The van der Waals surface area contributed by atoms with Crippen molar-refractivity contribution in [1.29, 1.82) is 0 Å². The van der Waals surface area contributed by atoms with Crippen molar-refractivity contribution in [2.24, 2.45) is 17.4 Å². The Bertz CT molecular complexity index is 1550. The van der Waals surface area contributed by atoms with Crippen molar-refractivity contribution in [2.75, 3.05) is 18.5 Å². The fraction of sp³-hybridized carbons (Fsp3) is 0.324. The fourth-order valence-electron chi connectivity index (χ4n) is 5.42. The molecule has 0 radical (unpaired) electrons. The number of ether oxygens (including phenoxy) is 2. The Balaban J connectivity index is 1.39. The van der Waals surface area contributed by atoms with Crippen molar-refractivity contribution < 1.29 is 33.4 Å². The summed E-state index contributed by atoms with van der Waals surface area (Å²) in [7, 11) is 0. The third-order valence-corrected chi connectivity index (χ3v) is 7.77. The predicted octanol–water partition coefficient (Wildman–Crippen LogP) is 3.72. The van der Waals surface area contributed by atoms with Crippen LogP contribution in [0.4, 0.5) is 20.1 Å². The largest absolute Gasteiger partial charge is 0.449 e. The van der Waals surface area contributed by atoms with Gasteiger partial charge in [-0.2, -0.15) is 0 Å². The van der Waals surface area contributed by atoms with Crippen LogP contribution in [0, 0.1) is 5.92 Å². The first-order valence-electron chi connectivity index (χ1n) is 15.3. The highest BCUT2D eigenvalue weighted by molar-refractivity contribution is 5.98. The first kappa shape index (κ1) is 34.3. The number of nitrogens with two attached hydrogens (primary N) is 2. The quantitative estimate of drug-likeness (QED) is 0.143. The van der Waals surface area contributed by atoms with E-state index < -0.39 is 42.1 Å². The van der Waals surface area contributed by atoms with Gasteiger partial charge in [-0.25, -0.2) is 14.4 Å². The Hall–Kier alpha value is -5.59. The van der Waals surface area contributed by atoms with Gasteiger partial charge < -0.3 is 42.2 Å². The van der Waals surface area contributed by atoms with Gasteiger partial charge in [0.15, 0.2) is 0 Å². The maximum Gasteiger partial charge on any atom is 0.407 e. The van der Waals surface area contributed by atoms with Gasteiger partial charge in [0.1, 0.15) is 25.3 Å². The van der Waals surface area contributed by atoms with E-state index in [4.69, 9.17) is 20.9 Å². The lowest BCUT2D eigenvalue weighted by Gasteiger charge is -2.25. The smallest absolute Gasteiger partial charge is 0.407 e. The van der Waals surface area contributed by atoms with Gasteiger partial charge in [0.25, 0.3) is 0 Å². The molecule has 6 amide bonds. The number of amides is 6. The van der Waals surface area contributed by atoms with E-state index in [-0.39, 0.29) is 38.0 Å². The second-order valence-electron chi connectivity index (χ2n) is 11.5. The second-order valence-corrected chi connectivity index (χ2v) is 11.5. The maximum absolute atomic E-state index is 13.5. The summed E-state index contributed by atoms with van der Waals surface area (Å²) in [6.07, 6.45) is -1.16. The predicted molar refractivity (Wildman–Crippen MR) is 175 cm³/mol. The molecule has 0 aromatic heterocycles. The molecule has 0 unspecified atom stereocenters. The van der Waals surface area contributed by atoms with Crippen LogP contribution >= 0.6 is 0 Å². The van der Waals surface area contributed by atoms with E-state index in [0.717, 1.165) is 22.3 Å². The Morgan fingerprint density at radius 1 is 0.787 bits per heavy atom. The molecule has 1 aliphatic carbocycles. The number of hydrogen-bond acceptors (Lipinski definition) is 7. The van der Waals surface area contributed by atoms with Crippen LogP contribution in [0.1, 0.15) is 49.3 Å². The number of benzene rings is 3. The lowest BCUT2D eigenvalue weighted by Crippen LogP contribution is -2.54. The molecule has 0 aliphatic heterocycles. The van der Waals surface area contributed by atoms with Crippen LogP contribution in [0.2, 0.25) is 0 Å². The minimum Gasteiger partial charge on any atom is -0.449 e. The Morgan fingerprint density at radius 3 is 1.98 bits per heavy atom. The molecule has 0 spiro atoms. The standard InChI is InChI=1S/C34H40N6O7/c1-20(2)29(40-34(45)47-19-27-25-10-5-3-8-23(25)24-9-4-6-11-26(24)27)31(42)39-28(12-7-17-37-32(35)43)30(41)38-22-15-13-21(14-16-22)18-46-33(36)44/h3-6,8-11,13-16,20,27-29H,7,12,17-19H2,1-2H3,(H2,36,44)(H,38,41)(H,39,42)(H,40,45)(H3,35,37,43)/t28-,29-/m0/s1. The number of carbonyl (C=O) groups is 5. The van der Waals surface area contributed by atoms with Crippen molar-refractivity contribution in [3.05, 3.63) is 89.5 Å². The summed E-state index contributed by atoms with van der Waals surface area (Å²) in [6.45, 7) is 3.78. The molecule has 0 saturated heterocycles. The average molecular weight is 645 g/mol. The number of anilines is 1. The normalized spacial score (nSPS) is 13.0. The molecule has 248 valence electrons. The summed E-state index contributed by atoms with van der Waals surface area (Å²) >= 11 is 0. The molecule has 47 heavy (non-hydrogen) atoms. The number of carbonyl (C=O) groups excluding carboxylic acids is 5. The van der Waals surface area contributed by atoms with Crippen LogP contribution in [-0.2, 0) is 25.7 Å². The third-order valence-electron chi connectivity index (χ3n) is 7.77. The Labute approximate surface area is 272 Å². The third kappa shape index (κ3) is 9.45. The Morgan fingerprint density at radius 2 is 1.40 bits per heavy atom. The summed E-state index contributed by atoms with van der Waals surface area (Å²) in [4.78, 5) is 61.8. The zero-order valence-electron chi connectivity index (χ0n) is 26.3. The summed E-state index contributed by atoms with van der Waals surface area (Å²) in [5.41, 5.74) is 15.6. The van der Waals surface area contributed by atoms with E-state index >= 15 is 0 Å². The van der Waals surface area contributed by atoms with Crippen LogP contribution in [0.25, 0.3) is 11.1 Å². The first-order chi connectivity index (χ1) is 22.5. The van der Waals surface area contributed by atoms with Crippen molar-refractivity contribution in [1.82, 2.24) is 16.0 Å². The molecule has 0 bridgehead atoms. The van der Waals surface area contributed by atoms with Crippen LogP contribution in [0.15, 0.2) is 72.8 Å². The highest BCUT2D eigenvalue weighted by Crippen LogP contribution is 2.44. The monoisotopic (exact) mass is 644 g/mol. The van der Waals surface area contributed by atoms with Gasteiger partial charge in [0.05, 0.1) is 0 Å². The van der Waals surface area contributed by atoms with Crippen molar-refractivity contribution in [3.8, 4) is 11.1 Å². The average Bonchev–Trinajstić information content (AvgIpc) is 3.36. The second kappa shape index (κ2) is 16.1. The van der Waals surface area contributed by atoms with Gasteiger partial charge >= 0.3 is 18.2 Å². The number of urea groups is 1. The molecular weight excluding hydrogens is 604 g/mol. The van der Waals surface area contributed by atoms with Gasteiger partial charge in [0, 0.05) is 18.2 Å². The van der Waals surface area contributed by atoms with Crippen LogP contribution in [0.5, 0.6) is 0 Å². The maximum atomic E-state index is 13.5. The minimum absolute atomic E-state index is 0.0254. The van der Waals surface area contributed by atoms with Gasteiger partial charge in [-0.15, -0.1) is 0 Å². The van der Waals surface area contributed by atoms with E-state index in [9.17, 15) is 24.0 Å². The molecule has 4 rings (SSSR count). The Kier molecular flexibility index (Phi) is 11.8. The van der Waals surface area contributed by atoms with Crippen molar-refractivity contribution in [2.45, 2.75) is 51.3 Å². The topological polar surface area (TPSA) is 204 Å². The molecule has 1 aliphatic rings. The summed E-state index contributed by atoms with van der Waals surface area (Å²) < 4.78 is 10.4. The zero-order chi connectivity index (χ0) is 33.9. The van der Waals surface area contributed by atoms with Crippen LogP contribution < -0.4 is 32.7 Å². The van der Waals surface area contributed by atoms with Gasteiger partial charge in [0.2, 0.25) is 11.8 Å². The van der Waals surface area contributed by atoms with E-state index in [1.165, 1.54) is 0 Å². The van der Waals surface area contributed by atoms with E-state index in [1.807, 2.05) is 48.5 Å². The highest BCUT2D eigenvalue weighted by atomic mass is 16.6. The highest BCUT2D eigenvalue weighted by Gasteiger charge is 2.32. The molecule has 3 aromatic carbocycles. The summed E-state index contributed by atoms with van der Waals surface area (Å²) in [5, 5.41) is 10.6. The molecule has 13 nitrogen and oxygen atoms in total. The van der Waals surface area contributed by atoms with Crippen LogP contribution in [-0.4, -0.2) is 55.3 Å². The van der Waals surface area contributed by atoms with Crippen LogP contribution in [0.3, 0.4) is 0 Å². The van der Waals surface area contributed by atoms with Gasteiger partial charge in [-0.1, -0.05) is 74.5 Å². The van der Waals surface area contributed by atoms with E-state index in [0.29, 0.717) is 17.7 Å². The number of fused-ring (bicyclic) bond motifs is 3. The van der Waals surface area contributed by atoms with E-state index in [1.54, 1.807) is 38.1 Å². The molecule has 0 saturated carbocycles. The van der Waals surface area contributed by atoms with Gasteiger partial charge in [-0.05, 0) is 58.7 Å². The van der Waals surface area contributed by atoms with E-state index in [2.05, 4.69) is 21.3 Å². The molecule has 0 heterocycles.